The SMILES string of the molecule is C=CO[C@@H]1[C@@H](OC=C)[C@@H](OC)O[C@@H]2COC(c3ccccc3)O[C@@H]12. The van der Waals surface area contributed by atoms with Crippen molar-refractivity contribution in [3.63, 3.8) is 0 Å². The van der Waals surface area contributed by atoms with Gasteiger partial charge in [0.25, 0.3) is 0 Å². The molecular formula is C18H22O6. The second-order valence-corrected chi connectivity index (χ2v) is 5.49. The van der Waals surface area contributed by atoms with Crippen LogP contribution in [0.5, 0.6) is 0 Å². The zero-order valence-corrected chi connectivity index (χ0v) is 13.6. The Kier molecular flexibility index (Phi) is 5.52. The van der Waals surface area contributed by atoms with Crippen LogP contribution in [0.2, 0.25) is 0 Å². The molecule has 130 valence electrons. The molecule has 0 amide bonds. The van der Waals surface area contributed by atoms with Crippen LogP contribution in [-0.2, 0) is 28.4 Å². The predicted octanol–water partition coefficient (Wildman–Crippen LogP) is 2.53. The van der Waals surface area contributed by atoms with Gasteiger partial charge in [0.1, 0.15) is 12.2 Å². The molecule has 1 unspecified atom stereocenters. The van der Waals surface area contributed by atoms with Gasteiger partial charge in [0, 0.05) is 12.7 Å². The van der Waals surface area contributed by atoms with Crippen molar-refractivity contribution in [2.45, 2.75) is 37.0 Å². The number of benzene rings is 1. The highest BCUT2D eigenvalue weighted by atomic mass is 16.8. The summed E-state index contributed by atoms with van der Waals surface area (Å²) in [6, 6.07) is 9.72. The molecule has 0 radical (unpaired) electrons. The summed E-state index contributed by atoms with van der Waals surface area (Å²) < 4.78 is 34.4. The molecule has 24 heavy (non-hydrogen) atoms. The fraction of sp³-hybridized carbons (Fsp3) is 0.444. The summed E-state index contributed by atoms with van der Waals surface area (Å²) in [5.41, 5.74) is 0.934. The summed E-state index contributed by atoms with van der Waals surface area (Å²) in [6.07, 6.45) is -0.0998. The molecule has 1 aromatic carbocycles. The van der Waals surface area contributed by atoms with Crippen LogP contribution in [0.3, 0.4) is 0 Å². The van der Waals surface area contributed by atoms with Crippen molar-refractivity contribution in [1.82, 2.24) is 0 Å². The first-order valence-electron chi connectivity index (χ1n) is 7.81. The molecule has 2 heterocycles. The Balaban J connectivity index is 1.82. The summed E-state index contributed by atoms with van der Waals surface area (Å²) in [5.74, 6) is 0. The fourth-order valence-corrected chi connectivity index (χ4v) is 3.04. The third kappa shape index (κ3) is 3.32. The van der Waals surface area contributed by atoms with Crippen LogP contribution in [0.1, 0.15) is 11.9 Å². The summed E-state index contributed by atoms with van der Waals surface area (Å²) in [5, 5.41) is 0. The minimum atomic E-state index is -0.616. The van der Waals surface area contributed by atoms with E-state index < -0.39 is 30.9 Å². The first kappa shape index (κ1) is 17.0. The summed E-state index contributed by atoms with van der Waals surface area (Å²) in [7, 11) is 1.55. The van der Waals surface area contributed by atoms with Crippen molar-refractivity contribution in [3.8, 4) is 0 Å². The van der Waals surface area contributed by atoms with Crippen molar-refractivity contribution < 1.29 is 28.4 Å². The monoisotopic (exact) mass is 334 g/mol. The molecule has 0 N–H and O–H groups in total. The number of rotatable bonds is 6. The molecule has 6 heteroatoms. The smallest absolute Gasteiger partial charge is 0.198 e. The zero-order chi connectivity index (χ0) is 16.9. The third-order valence-corrected chi connectivity index (χ3v) is 4.09. The van der Waals surface area contributed by atoms with Gasteiger partial charge in [-0.05, 0) is 0 Å². The van der Waals surface area contributed by atoms with E-state index in [2.05, 4.69) is 13.2 Å². The average Bonchev–Trinajstić information content (AvgIpc) is 2.64. The Morgan fingerprint density at radius 3 is 2.42 bits per heavy atom. The lowest BCUT2D eigenvalue weighted by molar-refractivity contribution is -0.358. The molecule has 0 aliphatic carbocycles. The van der Waals surface area contributed by atoms with E-state index in [4.69, 9.17) is 28.4 Å². The third-order valence-electron chi connectivity index (χ3n) is 4.09. The highest BCUT2D eigenvalue weighted by Crippen LogP contribution is 2.36. The Morgan fingerprint density at radius 2 is 1.75 bits per heavy atom. The van der Waals surface area contributed by atoms with Crippen molar-refractivity contribution in [1.29, 1.82) is 0 Å². The molecule has 2 aliphatic rings. The lowest BCUT2D eigenvalue weighted by Gasteiger charge is -2.47. The van der Waals surface area contributed by atoms with Gasteiger partial charge in [-0.2, -0.15) is 0 Å². The van der Waals surface area contributed by atoms with Gasteiger partial charge in [-0.15, -0.1) is 0 Å². The first-order valence-corrected chi connectivity index (χ1v) is 7.81. The Hall–Kier alpha value is -1.86. The van der Waals surface area contributed by atoms with E-state index in [1.54, 1.807) is 7.11 Å². The van der Waals surface area contributed by atoms with Gasteiger partial charge in [-0.25, -0.2) is 0 Å². The van der Waals surface area contributed by atoms with Crippen LogP contribution in [0.25, 0.3) is 0 Å². The predicted molar refractivity (Wildman–Crippen MR) is 85.8 cm³/mol. The van der Waals surface area contributed by atoms with Crippen LogP contribution in [-0.4, -0.2) is 44.4 Å². The molecule has 6 atom stereocenters. The summed E-state index contributed by atoms with van der Waals surface area (Å²) in [4.78, 5) is 0. The zero-order valence-electron chi connectivity index (χ0n) is 13.6. The number of ether oxygens (including phenoxy) is 6. The van der Waals surface area contributed by atoms with E-state index in [0.717, 1.165) is 5.56 Å². The number of hydrogen-bond acceptors (Lipinski definition) is 6. The molecular weight excluding hydrogens is 312 g/mol. The van der Waals surface area contributed by atoms with Crippen LogP contribution in [0, 0.1) is 0 Å². The van der Waals surface area contributed by atoms with Gasteiger partial charge in [-0.1, -0.05) is 43.5 Å². The maximum absolute atomic E-state index is 6.12. The van der Waals surface area contributed by atoms with E-state index in [9.17, 15) is 0 Å². The molecule has 1 aromatic rings. The fourth-order valence-electron chi connectivity index (χ4n) is 3.04. The average molecular weight is 334 g/mol. The Morgan fingerprint density at radius 1 is 1.04 bits per heavy atom. The molecule has 0 saturated carbocycles. The Labute approximate surface area is 141 Å². The van der Waals surface area contributed by atoms with Crippen LogP contribution < -0.4 is 0 Å². The molecule has 0 spiro atoms. The second-order valence-electron chi connectivity index (χ2n) is 5.49. The van der Waals surface area contributed by atoms with Crippen molar-refractivity contribution in [2.75, 3.05) is 13.7 Å². The Bertz CT molecular complexity index is 548. The standard InChI is InChI=1S/C18H22O6/c1-4-20-15-14-13(23-18(19-3)16(15)21-5-2)11-22-17(24-14)12-9-7-6-8-10-12/h4-10,13-18H,1-2,11H2,3H3/t13-,14-,15+,16-,17?,18+/m1/s1. The minimum absolute atomic E-state index is 0.329. The van der Waals surface area contributed by atoms with E-state index in [1.807, 2.05) is 30.3 Å². The maximum atomic E-state index is 6.12. The van der Waals surface area contributed by atoms with E-state index in [1.165, 1.54) is 12.5 Å². The van der Waals surface area contributed by atoms with Crippen LogP contribution in [0.4, 0.5) is 0 Å². The van der Waals surface area contributed by atoms with Crippen LogP contribution in [0.15, 0.2) is 56.0 Å². The van der Waals surface area contributed by atoms with E-state index >= 15 is 0 Å². The van der Waals surface area contributed by atoms with Gasteiger partial charge in [0.2, 0.25) is 0 Å². The summed E-state index contributed by atoms with van der Waals surface area (Å²) >= 11 is 0. The summed E-state index contributed by atoms with van der Waals surface area (Å²) in [6.45, 7) is 7.61. The van der Waals surface area contributed by atoms with Crippen molar-refractivity contribution in [2.24, 2.45) is 0 Å². The highest BCUT2D eigenvalue weighted by Gasteiger charge is 2.52. The van der Waals surface area contributed by atoms with Gasteiger partial charge >= 0.3 is 0 Å². The van der Waals surface area contributed by atoms with Crippen molar-refractivity contribution in [3.05, 3.63) is 61.6 Å². The minimum Gasteiger partial charge on any atom is -0.492 e. The number of fused-ring (bicyclic) bond motifs is 1. The maximum Gasteiger partial charge on any atom is 0.198 e. The normalized spacial score (nSPS) is 35.5. The second kappa shape index (κ2) is 7.81. The molecule has 0 aromatic heterocycles. The van der Waals surface area contributed by atoms with Gasteiger partial charge in [0.15, 0.2) is 24.8 Å². The largest absolute Gasteiger partial charge is 0.492 e. The van der Waals surface area contributed by atoms with Crippen molar-refractivity contribution >= 4 is 0 Å². The van der Waals surface area contributed by atoms with E-state index in [-0.39, 0.29) is 6.10 Å². The lowest BCUT2D eigenvalue weighted by atomic mass is 9.97. The van der Waals surface area contributed by atoms with Crippen LogP contribution >= 0.6 is 0 Å². The first-order chi connectivity index (χ1) is 11.8. The molecule has 2 aliphatic heterocycles. The highest BCUT2D eigenvalue weighted by molar-refractivity contribution is 5.16. The topological polar surface area (TPSA) is 55.4 Å². The molecule has 0 bridgehead atoms. The lowest BCUT2D eigenvalue weighted by Crippen LogP contribution is -2.62. The molecule has 6 nitrogen and oxygen atoms in total. The molecule has 2 fully saturated rings. The number of hydrogen-bond donors (Lipinski definition) is 0. The van der Waals surface area contributed by atoms with Gasteiger partial charge in [-0.3, -0.25) is 0 Å². The quantitative estimate of drug-likeness (QED) is 0.745. The van der Waals surface area contributed by atoms with Gasteiger partial charge in [0.05, 0.1) is 19.1 Å². The number of methoxy groups -OCH3 is 1. The molecule has 2 saturated heterocycles. The van der Waals surface area contributed by atoms with Gasteiger partial charge < -0.3 is 28.4 Å². The molecule has 3 rings (SSSR count). The van der Waals surface area contributed by atoms with E-state index in [0.29, 0.717) is 6.61 Å².